The first-order valence-corrected chi connectivity index (χ1v) is 7.87. The van der Waals surface area contributed by atoms with Crippen molar-refractivity contribution in [3.05, 3.63) is 29.6 Å². The van der Waals surface area contributed by atoms with Crippen LogP contribution in [0.2, 0.25) is 0 Å². The monoisotopic (exact) mass is 293 g/mol. The van der Waals surface area contributed by atoms with Crippen molar-refractivity contribution in [2.24, 2.45) is 5.92 Å². The van der Waals surface area contributed by atoms with Crippen LogP contribution in [-0.4, -0.2) is 44.7 Å². The molecule has 1 unspecified atom stereocenters. The van der Waals surface area contributed by atoms with Crippen molar-refractivity contribution in [2.45, 2.75) is 32.9 Å². The van der Waals surface area contributed by atoms with Gasteiger partial charge >= 0.3 is 0 Å². The summed E-state index contributed by atoms with van der Waals surface area (Å²) in [6.45, 7) is 8.04. The predicted octanol–water partition coefficient (Wildman–Crippen LogP) is 2.71. The van der Waals surface area contributed by atoms with E-state index in [1.165, 1.54) is 13.0 Å². The molecule has 0 spiro atoms. The van der Waals surface area contributed by atoms with E-state index in [1.807, 2.05) is 6.07 Å². The summed E-state index contributed by atoms with van der Waals surface area (Å²) in [6.07, 6.45) is 1.23. The molecule has 0 bridgehead atoms. The second-order valence-corrected chi connectivity index (χ2v) is 6.57. The Morgan fingerprint density at radius 1 is 1.43 bits per heavy atom. The Hall–Kier alpha value is -1.13. The summed E-state index contributed by atoms with van der Waals surface area (Å²) in [7, 11) is 4.24. The Kier molecular flexibility index (Phi) is 5.59. The second-order valence-electron chi connectivity index (χ2n) is 6.57. The summed E-state index contributed by atoms with van der Waals surface area (Å²) in [6, 6.07) is 5.74. The zero-order chi connectivity index (χ0) is 15.4. The molecule has 118 valence electrons. The fourth-order valence-electron chi connectivity index (χ4n) is 3.05. The smallest absolute Gasteiger partial charge is 0.129 e. The molecular weight excluding hydrogens is 265 g/mol. The van der Waals surface area contributed by atoms with Gasteiger partial charge in [0.1, 0.15) is 5.82 Å². The number of likely N-dealkylation sites (tertiary alicyclic amines) is 1. The van der Waals surface area contributed by atoms with Crippen LogP contribution >= 0.6 is 0 Å². The van der Waals surface area contributed by atoms with E-state index in [0.29, 0.717) is 18.5 Å². The molecule has 1 aliphatic rings. The van der Waals surface area contributed by atoms with Crippen LogP contribution in [0.1, 0.15) is 25.8 Å². The number of nitrogens with one attached hydrogen (secondary N) is 1. The maximum atomic E-state index is 14.2. The number of nitrogens with zero attached hydrogens (tertiary/aromatic N) is 2. The molecule has 21 heavy (non-hydrogen) atoms. The van der Waals surface area contributed by atoms with Crippen molar-refractivity contribution in [2.75, 3.05) is 38.6 Å². The predicted molar refractivity (Wildman–Crippen MR) is 87.2 cm³/mol. The van der Waals surface area contributed by atoms with Gasteiger partial charge in [-0.3, -0.25) is 0 Å². The highest BCUT2D eigenvalue weighted by Gasteiger charge is 2.22. The van der Waals surface area contributed by atoms with Gasteiger partial charge in [-0.05, 0) is 38.1 Å². The molecular formula is C17H28FN3. The average Bonchev–Trinajstić information content (AvgIpc) is 2.82. The van der Waals surface area contributed by atoms with Crippen molar-refractivity contribution in [1.29, 1.82) is 0 Å². The van der Waals surface area contributed by atoms with Gasteiger partial charge in [0.15, 0.2) is 0 Å². The largest absolute Gasteiger partial charge is 0.374 e. The van der Waals surface area contributed by atoms with Gasteiger partial charge in [0, 0.05) is 44.0 Å². The lowest BCUT2D eigenvalue weighted by molar-refractivity contribution is 0.395. The third kappa shape index (κ3) is 4.42. The molecule has 0 saturated carbocycles. The molecule has 1 aliphatic heterocycles. The third-order valence-corrected chi connectivity index (χ3v) is 4.21. The molecule has 0 aromatic heterocycles. The van der Waals surface area contributed by atoms with Gasteiger partial charge in [-0.2, -0.15) is 0 Å². The van der Waals surface area contributed by atoms with Crippen LogP contribution in [0.5, 0.6) is 0 Å². The Morgan fingerprint density at radius 3 is 2.81 bits per heavy atom. The molecule has 1 aromatic carbocycles. The van der Waals surface area contributed by atoms with Crippen LogP contribution in [0.25, 0.3) is 0 Å². The minimum atomic E-state index is -0.115. The maximum absolute atomic E-state index is 14.2. The molecule has 0 radical (unpaired) electrons. The molecule has 1 aromatic rings. The molecule has 4 heteroatoms. The molecule has 1 heterocycles. The SMILES string of the molecule is CC(C)NCc1c(F)cccc1N(C)CC1CCN(C)C1. The van der Waals surface area contributed by atoms with E-state index >= 15 is 0 Å². The number of benzene rings is 1. The Balaban J connectivity index is 2.08. The van der Waals surface area contributed by atoms with E-state index < -0.39 is 0 Å². The summed E-state index contributed by atoms with van der Waals surface area (Å²) in [5, 5.41) is 3.32. The van der Waals surface area contributed by atoms with Crippen molar-refractivity contribution in [3.8, 4) is 0 Å². The zero-order valence-corrected chi connectivity index (χ0v) is 13.7. The second kappa shape index (κ2) is 7.23. The number of hydrogen-bond donors (Lipinski definition) is 1. The summed E-state index contributed by atoms with van der Waals surface area (Å²) >= 11 is 0. The summed E-state index contributed by atoms with van der Waals surface area (Å²) in [5.74, 6) is 0.560. The third-order valence-electron chi connectivity index (χ3n) is 4.21. The minimum absolute atomic E-state index is 0.115. The van der Waals surface area contributed by atoms with E-state index in [-0.39, 0.29) is 5.82 Å². The number of halogens is 1. The molecule has 0 amide bonds. The van der Waals surface area contributed by atoms with Crippen LogP contribution in [0, 0.1) is 11.7 Å². The molecule has 3 nitrogen and oxygen atoms in total. The molecule has 1 saturated heterocycles. The van der Waals surface area contributed by atoms with Crippen molar-refractivity contribution < 1.29 is 4.39 Å². The van der Waals surface area contributed by atoms with Crippen LogP contribution in [0.3, 0.4) is 0 Å². The van der Waals surface area contributed by atoms with Gasteiger partial charge < -0.3 is 15.1 Å². The molecule has 1 atom stereocenters. The van der Waals surface area contributed by atoms with E-state index in [2.05, 4.69) is 43.1 Å². The van der Waals surface area contributed by atoms with E-state index in [4.69, 9.17) is 0 Å². The normalized spacial score (nSPS) is 19.4. The Labute approximate surface area is 128 Å². The summed E-state index contributed by atoms with van der Waals surface area (Å²) < 4.78 is 14.2. The van der Waals surface area contributed by atoms with Crippen LogP contribution in [0.4, 0.5) is 10.1 Å². The topological polar surface area (TPSA) is 18.5 Å². The quantitative estimate of drug-likeness (QED) is 0.870. The molecule has 2 rings (SSSR count). The van der Waals surface area contributed by atoms with Crippen LogP contribution in [0.15, 0.2) is 18.2 Å². The lowest BCUT2D eigenvalue weighted by Gasteiger charge is -2.26. The number of anilines is 1. The lowest BCUT2D eigenvalue weighted by atomic mass is 10.1. The Bertz CT molecular complexity index is 461. The van der Waals surface area contributed by atoms with Gasteiger partial charge in [0.25, 0.3) is 0 Å². The van der Waals surface area contributed by atoms with E-state index in [9.17, 15) is 4.39 Å². The van der Waals surface area contributed by atoms with Gasteiger partial charge in [-0.1, -0.05) is 19.9 Å². The van der Waals surface area contributed by atoms with Crippen molar-refractivity contribution in [1.82, 2.24) is 10.2 Å². The number of hydrogen-bond acceptors (Lipinski definition) is 3. The number of rotatable bonds is 6. The van der Waals surface area contributed by atoms with Crippen molar-refractivity contribution >= 4 is 5.69 Å². The van der Waals surface area contributed by atoms with E-state index in [1.54, 1.807) is 12.1 Å². The fourth-order valence-corrected chi connectivity index (χ4v) is 3.05. The zero-order valence-electron chi connectivity index (χ0n) is 13.7. The highest BCUT2D eigenvalue weighted by Crippen LogP contribution is 2.25. The molecule has 1 fully saturated rings. The van der Waals surface area contributed by atoms with Crippen molar-refractivity contribution in [3.63, 3.8) is 0 Å². The maximum Gasteiger partial charge on any atom is 0.129 e. The van der Waals surface area contributed by atoms with Gasteiger partial charge in [0.2, 0.25) is 0 Å². The molecule has 1 N–H and O–H groups in total. The highest BCUT2D eigenvalue weighted by molar-refractivity contribution is 5.53. The fraction of sp³-hybridized carbons (Fsp3) is 0.647. The first kappa shape index (κ1) is 16.2. The first-order valence-electron chi connectivity index (χ1n) is 7.87. The Morgan fingerprint density at radius 2 is 2.19 bits per heavy atom. The molecule has 0 aliphatic carbocycles. The van der Waals surface area contributed by atoms with Gasteiger partial charge in [-0.15, -0.1) is 0 Å². The van der Waals surface area contributed by atoms with E-state index in [0.717, 1.165) is 24.3 Å². The first-order chi connectivity index (χ1) is 9.97. The average molecular weight is 293 g/mol. The van der Waals surface area contributed by atoms with Crippen LogP contribution < -0.4 is 10.2 Å². The van der Waals surface area contributed by atoms with Gasteiger partial charge in [-0.25, -0.2) is 4.39 Å². The highest BCUT2D eigenvalue weighted by atomic mass is 19.1. The standard InChI is InChI=1S/C17H28FN3/c1-13(2)19-10-15-16(18)6-5-7-17(15)21(4)12-14-8-9-20(3)11-14/h5-7,13-14,19H,8-12H2,1-4H3. The summed E-state index contributed by atoms with van der Waals surface area (Å²) in [5.41, 5.74) is 1.79. The lowest BCUT2D eigenvalue weighted by Crippen LogP contribution is -2.29. The minimum Gasteiger partial charge on any atom is -0.374 e. The summed E-state index contributed by atoms with van der Waals surface area (Å²) in [4.78, 5) is 4.58. The van der Waals surface area contributed by atoms with Gasteiger partial charge in [0.05, 0.1) is 0 Å². The van der Waals surface area contributed by atoms with Crippen LogP contribution in [-0.2, 0) is 6.54 Å².